The first-order valence-corrected chi connectivity index (χ1v) is 3.93. The first kappa shape index (κ1) is 7.98. The summed E-state index contributed by atoms with van der Waals surface area (Å²) in [5, 5.41) is 0. The van der Waals surface area contributed by atoms with Gasteiger partial charge in [-0.15, -0.1) is 0 Å². The fourth-order valence-corrected chi connectivity index (χ4v) is 1.22. The highest BCUT2D eigenvalue weighted by Gasteiger charge is 2.07. The first-order valence-electron chi connectivity index (χ1n) is 3.93. The van der Waals surface area contributed by atoms with Gasteiger partial charge >= 0.3 is 0 Å². The van der Waals surface area contributed by atoms with Crippen molar-refractivity contribution in [3.63, 3.8) is 0 Å². The molecule has 0 saturated carbocycles. The lowest BCUT2D eigenvalue weighted by Gasteiger charge is -2.01. The predicted octanol–water partition coefficient (Wildman–Crippen LogP) is 2.03. The van der Waals surface area contributed by atoms with Gasteiger partial charge in [0, 0.05) is 7.05 Å². The lowest BCUT2D eigenvalue weighted by molar-refractivity contribution is 0.629. The van der Waals surface area contributed by atoms with Gasteiger partial charge < -0.3 is 4.57 Å². The molecule has 1 heterocycles. The molecule has 0 aliphatic rings. The van der Waals surface area contributed by atoms with E-state index in [0.29, 0.717) is 11.4 Å². The Morgan fingerprint density at radius 1 is 1.38 bits per heavy atom. The van der Waals surface area contributed by atoms with Gasteiger partial charge in [-0.2, -0.15) is 0 Å². The third-order valence-corrected chi connectivity index (χ3v) is 1.87. The van der Waals surface area contributed by atoms with Gasteiger partial charge in [-0.25, -0.2) is 9.37 Å². The second kappa shape index (κ2) is 3.01. The zero-order valence-electron chi connectivity index (χ0n) is 7.16. The molecular weight excluding hydrogens is 167 g/mol. The normalized spacial score (nSPS) is 10.3. The van der Waals surface area contributed by atoms with E-state index in [1.54, 1.807) is 29.8 Å². The summed E-state index contributed by atoms with van der Waals surface area (Å²) in [4.78, 5) is 4.01. The molecule has 0 fully saturated rings. The number of halogens is 1. The molecule has 0 N–H and O–H groups in total. The summed E-state index contributed by atoms with van der Waals surface area (Å²) < 4.78 is 14.9. The van der Waals surface area contributed by atoms with Crippen molar-refractivity contribution in [3.8, 4) is 11.4 Å². The third-order valence-electron chi connectivity index (χ3n) is 1.87. The first-order chi connectivity index (χ1) is 6.29. The van der Waals surface area contributed by atoms with Crippen LogP contribution in [0.15, 0.2) is 30.5 Å². The van der Waals surface area contributed by atoms with Gasteiger partial charge in [0.1, 0.15) is 11.6 Å². The fourth-order valence-electron chi connectivity index (χ4n) is 1.22. The minimum atomic E-state index is -0.259. The summed E-state index contributed by atoms with van der Waals surface area (Å²) in [6, 6.07) is 6.56. The lowest BCUT2D eigenvalue weighted by Crippen LogP contribution is -1.93. The van der Waals surface area contributed by atoms with Gasteiger partial charge in [0.2, 0.25) is 0 Å². The van der Waals surface area contributed by atoms with Gasteiger partial charge in [-0.1, -0.05) is 12.1 Å². The summed E-state index contributed by atoms with van der Waals surface area (Å²) in [6.07, 6.45) is 4.36. The molecule has 3 heteroatoms. The Labute approximate surface area is 75.7 Å². The van der Waals surface area contributed by atoms with Crippen LogP contribution in [0.1, 0.15) is 0 Å². The zero-order chi connectivity index (χ0) is 9.26. The minimum absolute atomic E-state index is 0.259. The Hall–Kier alpha value is -1.64. The van der Waals surface area contributed by atoms with E-state index in [-0.39, 0.29) is 5.82 Å². The molecule has 1 radical (unpaired) electrons. The Balaban J connectivity index is 2.59. The highest BCUT2D eigenvalue weighted by molar-refractivity contribution is 5.55. The Kier molecular flexibility index (Phi) is 1.85. The summed E-state index contributed by atoms with van der Waals surface area (Å²) in [5.41, 5.74) is 0.506. The molecular formula is C10H8FN2. The number of aryl methyl sites for hydroxylation is 1. The van der Waals surface area contributed by atoms with Crippen LogP contribution in [0.3, 0.4) is 0 Å². The molecule has 1 aromatic heterocycles. The second-order valence-corrected chi connectivity index (χ2v) is 2.75. The van der Waals surface area contributed by atoms with E-state index in [0.717, 1.165) is 0 Å². The third kappa shape index (κ3) is 1.33. The molecule has 0 amide bonds. The summed E-state index contributed by atoms with van der Waals surface area (Å²) in [5.74, 6) is 0.336. The van der Waals surface area contributed by atoms with Crippen molar-refractivity contribution in [2.24, 2.45) is 7.05 Å². The standard InChI is InChI=1S/C10H8FN2/c1-13-7-6-12-10(13)8-4-2-3-5-9(8)11/h2-6H,1H3. The maximum atomic E-state index is 13.3. The highest BCUT2D eigenvalue weighted by Crippen LogP contribution is 2.19. The fraction of sp³-hybridized carbons (Fsp3) is 0.100. The van der Waals surface area contributed by atoms with Crippen LogP contribution in [0.2, 0.25) is 0 Å². The van der Waals surface area contributed by atoms with Crippen LogP contribution in [-0.4, -0.2) is 9.55 Å². The van der Waals surface area contributed by atoms with Crippen LogP contribution < -0.4 is 0 Å². The smallest absolute Gasteiger partial charge is 0.143 e. The molecule has 2 aromatic rings. The molecule has 0 unspecified atom stereocenters. The number of aromatic nitrogens is 2. The number of benzene rings is 1. The van der Waals surface area contributed by atoms with Gasteiger partial charge in [-0.05, 0) is 12.1 Å². The molecule has 2 rings (SSSR count). The monoisotopic (exact) mass is 175 g/mol. The van der Waals surface area contributed by atoms with Crippen LogP contribution in [0, 0.1) is 12.0 Å². The Morgan fingerprint density at radius 2 is 2.15 bits per heavy atom. The van der Waals surface area contributed by atoms with Crippen molar-refractivity contribution in [1.82, 2.24) is 9.55 Å². The van der Waals surface area contributed by atoms with Crippen molar-refractivity contribution in [2.75, 3.05) is 0 Å². The van der Waals surface area contributed by atoms with Crippen LogP contribution >= 0.6 is 0 Å². The van der Waals surface area contributed by atoms with Crippen molar-refractivity contribution in [1.29, 1.82) is 0 Å². The number of nitrogens with zero attached hydrogens (tertiary/aromatic N) is 2. The molecule has 0 saturated heterocycles. The molecule has 0 aliphatic heterocycles. The van der Waals surface area contributed by atoms with Crippen molar-refractivity contribution >= 4 is 0 Å². The minimum Gasteiger partial charge on any atom is -0.326 e. The van der Waals surface area contributed by atoms with Crippen molar-refractivity contribution < 1.29 is 4.39 Å². The molecule has 1 aromatic carbocycles. The van der Waals surface area contributed by atoms with Gasteiger partial charge in [0.05, 0.1) is 18.0 Å². The average Bonchev–Trinajstić information content (AvgIpc) is 2.52. The van der Waals surface area contributed by atoms with E-state index < -0.39 is 0 Å². The molecule has 0 bridgehead atoms. The lowest BCUT2D eigenvalue weighted by atomic mass is 10.2. The maximum absolute atomic E-state index is 13.3. The topological polar surface area (TPSA) is 17.8 Å². The summed E-state index contributed by atoms with van der Waals surface area (Å²) >= 11 is 0. The van der Waals surface area contributed by atoms with E-state index in [2.05, 4.69) is 11.2 Å². The van der Waals surface area contributed by atoms with Gasteiger partial charge in [-0.3, -0.25) is 0 Å². The summed E-state index contributed by atoms with van der Waals surface area (Å²) in [6.45, 7) is 0. The molecule has 13 heavy (non-hydrogen) atoms. The summed E-state index contributed by atoms with van der Waals surface area (Å²) in [7, 11) is 1.79. The van der Waals surface area contributed by atoms with Crippen LogP contribution in [0.25, 0.3) is 11.4 Å². The van der Waals surface area contributed by atoms with Crippen molar-refractivity contribution in [3.05, 3.63) is 42.5 Å². The second-order valence-electron chi connectivity index (χ2n) is 2.75. The Morgan fingerprint density at radius 3 is 2.77 bits per heavy atom. The number of hydrogen-bond acceptors (Lipinski definition) is 1. The molecule has 2 nitrogen and oxygen atoms in total. The van der Waals surface area contributed by atoms with E-state index in [4.69, 9.17) is 0 Å². The largest absolute Gasteiger partial charge is 0.326 e. The quantitative estimate of drug-likeness (QED) is 0.648. The number of imidazole rings is 1. The maximum Gasteiger partial charge on any atom is 0.143 e. The SMILES string of the molecule is Cn1[c]cnc1-c1ccccc1F. The predicted molar refractivity (Wildman–Crippen MR) is 47.4 cm³/mol. The molecule has 0 atom stereocenters. The van der Waals surface area contributed by atoms with E-state index >= 15 is 0 Å². The van der Waals surface area contributed by atoms with Crippen molar-refractivity contribution in [2.45, 2.75) is 0 Å². The van der Waals surface area contributed by atoms with Crippen LogP contribution in [-0.2, 0) is 7.05 Å². The average molecular weight is 175 g/mol. The Bertz CT molecular complexity index is 420. The molecule has 0 spiro atoms. The van der Waals surface area contributed by atoms with E-state index in [1.165, 1.54) is 12.3 Å². The van der Waals surface area contributed by atoms with Gasteiger partial charge in [0.15, 0.2) is 0 Å². The van der Waals surface area contributed by atoms with Gasteiger partial charge in [0.25, 0.3) is 0 Å². The number of rotatable bonds is 1. The van der Waals surface area contributed by atoms with Crippen LogP contribution in [0.4, 0.5) is 4.39 Å². The molecule has 0 aliphatic carbocycles. The highest BCUT2D eigenvalue weighted by atomic mass is 19.1. The van der Waals surface area contributed by atoms with E-state index in [9.17, 15) is 4.39 Å². The molecule has 65 valence electrons. The zero-order valence-corrected chi connectivity index (χ0v) is 7.16. The van der Waals surface area contributed by atoms with E-state index in [1.807, 2.05) is 0 Å². The number of hydrogen-bond donors (Lipinski definition) is 0. The van der Waals surface area contributed by atoms with Crippen LogP contribution in [0.5, 0.6) is 0 Å².